The Morgan fingerprint density at radius 3 is 2.75 bits per heavy atom. The second-order valence-corrected chi connectivity index (χ2v) is 4.64. The van der Waals surface area contributed by atoms with Gasteiger partial charge in [0.25, 0.3) is 0 Å². The van der Waals surface area contributed by atoms with Crippen LogP contribution in [0, 0.1) is 0 Å². The molecule has 1 unspecified atom stereocenters. The Morgan fingerprint density at radius 1 is 1.44 bits per heavy atom. The van der Waals surface area contributed by atoms with E-state index in [-0.39, 0.29) is 5.75 Å². The van der Waals surface area contributed by atoms with Crippen LogP contribution in [0.25, 0.3) is 0 Å². The van der Waals surface area contributed by atoms with Gasteiger partial charge in [0, 0.05) is 18.6 Å². The number of aliphatic hydroxyl groups is 1. The quantitative estimate of drug-likeness (QED) is 0.766. The fraction of sp³-hybridized carbons (Fsp3) is 0.500. The zero-order chi connectivity index (χ0) is 11.9. The van der Waals surface area contributed by atoms with Gasteiger partial charge in [-0.2, -0.15) is 0 Å². The molecule has 1 heterocycles. The van der Waals surface area contributed by atoms with Gasteiger partial charge in [0.1, 0.15) is 22.8 Å². The molecule has 1 atom stereocenters. The summed E-state index contributed by atoms with van der Waals surface area (Å²) in [6.07, 6.45) is -0.246. The van der Waals surface area contributed by atoms with Crippen LogP contribution in [0.15, 0.2) is 12.1 Å². The third kappa shape index (κ3) is 1.80. The van der Waals surface area contributed by atoms with Gasteiger partial charge in [-0.05, 0) is 13.8 Å². The highest BCUT2D eigenvalue weighted by molar-refractivity contribution is 5.52. The topological polar surface area (TPSA) is 58.9 Å². The summed E-state index contributed by atoms with van der Waals surface area (Å²) in [7, 11) is 1.52. The molecule has 4 heteroatoms. The van der Waals surface area contributed by atoms with Crippen molar-refractivity contribution in [2.24, 2.45) is 0 Å². The normalized spacial score (nSPS) is 22.1. The molecule has 4 nitrogen and oxygen atoms in total. The molecule has 0 spiro atoms. The molecule has 1 aliphatic heterocycles. The number of rotatable bonds is 1. The maximum atomic E-state index is 9.96. The van der Waals surface area contributed by atoms with Gasteiger partial charge in [-0.15, -0.1) is 0 Å². The van der Waals surface area contributed by atoms with Gasteiger partial charge < -0.3 is 19.7 Å². The summed E-state index contributed by atoms with van der Waals surface area (Å²) in [5.41, 5.74) is 0.00530. The van der Waals surface area contributed by atoms with Crippen molar-refractivity contribution in [1.82, 2.24) is 0 Å². The van der Waals surface area contributed by atoms with Crippen LogP contribution in [0.2, 0.25) is 0 Å². The van der Waals surface area contributed by atoms with Crippen LogP contribution in [-0.4, -0.2) is 22.9 Å². The fourth-order valence-corrected chi connectivity index (χ4v) is 2.03. The molecular formula is C12H16O4. The van der Waals surface area contributed by atoms with Crippen LogP contribution in [0.1, 0.15) is 31.9 Å². The first-order valence-electron chi connectivity index (χ1n) is 5.21. The second-order valence-electron chi connectivity index (χ2n) is 4.64. The van der Waals surface area contributed by atoms with Crippen LogP contribution in [-0.2, 0) is 0 Å². The summed E-state index contributed by atoms with van der Waals surface area (Å²) in [6.45, 7) is 3.80. The van der Waals surface area contributed by atoms with E-state index in [9.17, 15) is 10.2 Å². The number of phenols is 1. The van der Waals surface area contributed by atoms with E-state index in [1.807, 2.05) is 13.8 Å². The van der Waals surface area contributed by atoms with Crippen molar-refractivity contribution >= 4 is 0 Å². The molecule has 2 rings (SSSR count). The highest BCUT2D eigenvalue weighted by Crippen LogP contribution is 2.45. The predicted octanol–water partition coefficient (Wildman–Crippen LogP) is 2.00. The maximum Gasteiger partial charge on any atom is 0.133 e. The molecule has 0 aliphatic carbocycles. The number of phenolic OH excluding ortho intramolecular Hbond substituents is 1. The lowest BCUT2D eigenvalue weighted by atomic mass is 9.91. The van der Waals surface area contributed by atoms with Crippen LogP contribution < -0.4 is 9.47 Å². The molecule has 0 bridgehead atoms. The standard InChI is InChI=1S/C12H16O4/c1-12(2)6-9(14)11-8(13)4-7(15-3)5-10(11)16-12/h4-5,9,13-14H,6H2,1-3H3. The average molecular weight is 224 g/mol. The summed E-state index contributed by atoms with van der Waals surface area (Å²) in [5, 5.41) is 19.7. The average Bonchev–Trinajstić information content (AvgIpc) is 2.13. The Kier molecular flexibility index (Phi) is 2.46. The predicted molar refractivity (Wildman–Crippen MR) is 58.9 cm³/mol. The first-order valence-corrected chi connectivity index (χ1v) is 5.21. The molecule has 88 valence electrons. The Bertz CT molecular complexity index is 412. The lowest BCUT2D eigenvalue weighted by Gasteiger charge is -2.35. The number of methoxy groups -OCH3 is 1. The van der Waals surface area contributed by atoms with Crippen LogP contribution in [0.5, 0.6) is 17.2 Å². The molecule has 0 amide bonds. The van der Waals surface area contributed by atoms with E-state index in [0.717, 1.165) is 0 Å². The van der Waals surface area contributed by atoms with E-state index in [4.69, 9.17) is 9.47 Å². The minimum Gasteiger partial charge on any atom is -0.507 e. The minimum absolute atomic E-state index is 0.0114. The molecule has 0 aromatic heterocycles. The van der Waals surface area contributed by atoms with Crippen molar-refractivity contribution in [2.75, 3.05) is 7.11 Å². The molecule has 1 aromatic rings. The van der Waals surface area contributed by atoms with Gasteiger partial charge in [0.2, 0.25) is 0 Å². The van der Waals surface area contributed by atoms with E-state index in [0.29, 0.717) is 23.5 Å². The van der Waals surface area contributed by atoms with Gasteiger partial charge in [0.15, 0.2) is 0 Å². The largest absolute Gasteiger partial charge is 0.507 e. The van der Waals surface area contributed by atoms with Gasteiger partial charge in [0.05, 0.1) is 18.8 Å². The number of aromatic hydroxyl groups is 1. The number of aliphatic hydroxyl groups excluding tert-OH is 1. The molecule has 0 saturated carbocycles. The lowest BCUT2D eigenvalue weighted by molar-refractivity contribution is 0.00987. The Balaban J connectivity index is 2.52. The SMILES string of the molecule is COc1cc(O)c2c(c1)OC(C)(C)CC2O. The first kappa shape index (κ1) is 11.1. The maximum absolute atomic E-state index is 9.96. The number of ether oxygens (including phenoxy) is 2. The first-order chi connectivity index (χ1) is 7.43. The van der Waals surface area contributed by atoms with Gasteiger partial charge in [-0.3, -0.25) is 0 Å². The Hall–Kier alpha value is -1.42. The fourth-order valence-electron chi connectivity index (χ4n) is 2.03. The summed E-state index contributed by atoms with van der Waals surface area (Å²) >= 11 is 0. The van der Waals surface area contributed by atoms with Crippen molar-refractivity contribution in [2.45, 2.75) is 32.0 Å². The highest BCUT2D eigenvalue weighted by Gasteiger charge is 2.35. The van der Waals surface area contributed by atoms with Crippen LogP contribution in [0.3, 0.4) is 0 Å². The van der Waals surface area contributed by atoms with Crippen molar-refractivity contribution in [3.8, 4) is 17.2 Å². The monoisotopic (exact) mass is 224 g/mol. The molecule has 0 fully saturated rings. The van der Waals surface area contributed by atoms with Gasteiger partial charge >= 0.3 is 0 Å². The molecule has 1 aromatic carbocycles. The van der Waals surface area contributed by atoms with E-state index in [1.54, 1.807) is 6.07 Å². The Morgan fingerprint density at radius 2 is 2.12 bits per heavy atom. The number of hydrogen-bond donors (Lipinski definition) is 2. The lowest BCUT2D eigenvalue weighted by Crippen LogP contribution is -2.34. The van der Waals surface area contributed by atoms with Gasteiger partial charge in [-0.25, -0.2) is 0 Å². The smallest absolute Gasteiger partial charge is 0.133 e. The third-order valence-corrected chi connectivity index (χ3v) is 2.73. The summed E-state index contributed by atoms with van der Waals surface area (Å²) in [6, 6.07) is 3.16. The molecule has 1 aliphatic rings. The van der Waals surface area contributed by atoms with E-state index in [1.165, 1.54) is 13.2 Å². The zero-order valence-electron chi connectivity index (χ0n) is 9.65. The van der Waals surface area contributed by atoms with Crippen LogP contribution in [0.4, 0.5) is 0 Å². The van der Waals surface area contributed by atoms with Gasteiger partial charge in [-0.1, -0.05) is 0 Å². The van der Waals surface area contributed by atoms with E-state index >= 15 is 0 Å². The van der Waals surface area contributed by atoms with Crippen molar-refractivity contribution in [1.29, 1.82) is 0 Å². The number of hydrogen-bond acceptors (Lipinski definition) is 4. The highest BCUT2D eigenvalue weighted by atomic mass is 16.5. The third-order valence-electron chi connectivity index (χ3n) is 2.73. The zero-order valence-corrected chi connectivity index (χ0v) is 9.65. The summed E-state index contributed by atoms with van der Waals surface area (Å²) < 4.78 is 10.8. The van der Waals surface area contributed by atoms with Crippen molar-refractivity contribution in [3.05, 3.63) is 17.7 Å². The molecule has 2 N–H and O–H groups in total. The summed E-state index contributed by atoms with van der Waals surface area (Å²) in [5.74, 6) is 1.01. The van der Waals surface area contributed by atoms with Crippen LogP contribution >= 0.6 is 0 Å². The van der Waals surface area contributed by atoms with Crippen molar-refractivity contribution < 1.29 is 19.7 Å². The minimum atomic E-state index is -0.704. The second kappa shape index (κ2) is 3.56. The molecular weight excluding hydrogens is 208 g/mol. The number of fused-ring (bicyclic) bond motifs is 1. The van der Waals surface area contributed by atoms with E-state index in [2.05, 4.69) is 0 Å². The number of benzene rings is 1. The molecule has 0 radical (unpaired) electrons. The van der Waals surface area contributed by atoms with Crippen molar-refractivity contribution in [3.63, 3.8) is 0 Å². The molecule has 0 saturated heterocycles. The van der Waals surface area contributed by atoms with E-state index < -0.39 is 11.7 Å². The molecule has 16 heavy (non-hydrogen) atoms. The Labute approximate surface area is 94.4 Å². The summed E-state index contributed by atoms with van der Waals surface area (Å²) in [4.78, 5) is 0.